The van der Waals surface area contributed by atoms with Crippen LogP contribution in [-0.4, -0.2) is 44.9 Å². The molecule has 6 saturated carbocycles. The van der Waals surface area contributed by atoms with E-state index in [0.29, 0.717) is 79.8 Å². The van der Waals surface area contributed by atoms with Gasteiger partial charge in [-0.2, -0.15) is 0 Å². The van der Waals surface area contributed by atoms with Crippen LogP contribution in [0.3, 0.4) is 0 Å². The summed E-state index contributed by atoms with van der Waals surface area (Å²) in [6.07, 6.45) is 16.8. The van der Waals surface area contributed by atoms with Gasteiger partial charge in [0.1, 0.15) is 0 Å². The maximum Gasteiger partial charge on any atom is 0.0894 e. The van der Waals surface area contributed by atoms with Gasteiger partial charge in [0.2, 0.25) is 0 Å². The Morgan fingerprint density at radius 2 is 0.561 bits per heavy atom. The first-order chi connectivity index (χ1) is 46.8. The summed E-state index contributed by atoms with van der Waals surface area (Å²) in [6.45, 7) is 33.8. The van der Waals surface area contributed by atoms with Gasteiger partial charge in [0.25, 0.3) is 0 Å². The van der Waals surface area contributed by atoms with Crippen LogP contribution in [0, 0.1) is 68.0 Å². The molecule has 27 rings (SSSR count). The van der Waals surface area contributed by atoms with Crippen LogP contribution in [0.15, 0.2) is 128 Å². The van der Waals surface area contributed by atoms with E-state index >= 15 is 0 Å². The highest BCUT2D eigenvalue weighted by atomic mass is 14.9. The molecule has 9 heteroatoms. The summed E-state index contributed by atoms with van der Waals surface area (Å²) < 4.78 is 0. The number of rotatable bonds is 6. The lowest BCUT2D eigenvalue weighted by atomic mass is 9.45. The summed E-state index contributed by atoms with van der Waals surface area (Å²) in [6, 6.07) is 41.4. The molecule has 498 valence electrons. The van der Waals surface area contributed by atoms with Gasteiger partial charge in [-0.3, -0.25) is 29.9 Å². The van der Waals surface area contributed by atoms with Gasteiger partial charge in [-0.05, 0) is 285 Å². The lowest BCUT2D eigenvalue weighted by molar-refractivity contribution is -0.00275. The Kier molecular flexibility index (Phi) is 13.2. The Balaban J connectivity index is 0.000000103. The molecule has 9 heterocycles. The Morgan fingerprint density at radius 1 is 0.276 bits per heavy atom. The van der Waals surface area contributed by atoms with E-state index in [1.54, 1.807) is 0 Å². The molecule has 0 unspecified atom stereocenters. The maximum absolute atomic E-state index is 5.18. The molecule has 14 atom stereocenters. The van der Waals surface area contributed by atoms with E-state index < -0.39 is 0 Å². The lowest BCUT2D eigenvalue weighted by Crippen LogP contribution is -2.50. The summed E-state index contributed by atoms with van der Waals surface area (Å²) >= 11 is 0. The first kappa shape index (κ1) is 61.4. The van der Waals surface area contributed by atoms with E-state index in [9.17, 15) is 0 Å². The Morgan fingerprint density at radius 3 is 0.898 bits per heavy atom. The minimum Gasteiger partial charge on any atom is -0.254 e. The van der Waals surface area contributed by atoms with Crippen LogP contribution in [0.2, 0.25) is 0 Å². The van der Waals surface area contributed by atoms with Crippen LogP contribution in [0.5, 0.6) is 0 Å². The number of aromatic nitrogens is 9. The molecular weight excluding hydrogens is 1200 g/mol. The molecule has 6 fully saturated rings. The lowest BCUT2D eigenvalue weighted by Gasteiger charge is -2.59. The van der Waals surface area contributed by atoms with Crippen LogP contribution in [0.25, 0.3) is 68.3 Å². The molecule has 0 amide bonds. The van der Waals surface area contributed by atoms with Crippen molar-refractivity contribution in [2.24, 2.45) is 68.0 Å². The van der Waals surface area contributed by atoms with Crippen LogP contribution in [-0.2, 0) is 25.7 Å². The molecule has 0 aliphatic heterocycles. The van der Waals surface area contributed by atoms with Crippen molar-refractivity contribution >= 4 is 0 Å². The summed E-state index contributed by atoms with van der Waals surface area (Å²) in [4.78, 5) is 45.3. The van der Waals surface area contributed by atoms with E-state index in [1.165, 1.54) is 119 Å². The van der Waals surface area contributed by atoms with E-state index in [1.807, 2.05) is 0 Å². The molecule has 0 aromatic carbocycles. The van der Waals surface area contributed by atoms with Crippen LogP contribution in [0.1, 0.15) is 250 Å². The van der Waals surface area contributed by atoms with Gasteiger partial charge in [-0.15, -0.1) is 0 Å². The van der Waals surface area contributed by atoms with Crippen molar-refractivity contribution in [3.05, 3.63) is 195 Å². The van der Waals surface area contributed by atoms with Crippen molar-refractivity contribution in [2.45, 2.75) is 208 Å². The molecule has 18 aliphatic rings. The van der Waals surface area contributed by atoms with Gasteiger partial charge in [0.05, 0.1) is 68.3 Å². The van der Waals surface area contributed by atoms with Gasteiger partial charge >= 0.3 is 0 Å². The average molecular weight is 1290 g/mol. The normalized spacial score (nSPS) is 31.0. The smallest absolute Gasteiger partial charge is 0.0894 e. The number of hydrogen-bond donors (Lipinski definition) is 0. The summed E-state index contributed by atoms with van der Waals surface area (Å²) in [5, 5.41) is 0. The predicted molar refractivity (Wildman–Crippen MR) is 392 cm³/mol. The molecule has 98 heavy (non-hydrogen) atoms. The van der Waals surface area contributed by atoms with Gasteiger partial charge in [0, 0.05) is 47.0 Å². The minimum atomic E-state index is 0.402. The second kappa shape index (κ2) is 21.0. The van der Waals surface area contributed by atoms with Crippen LogP contribution < -0.4 is 0 Å². The molecule has 0 radical (unpaired) electrons. The van der Waals surface area contributed by atoms with Gasteiger partial charge in [-0.25, -0.2) is 15.0 Å². The largest absolute Gasteiger partial charge is 0.254 e. The first-order valence-electron chi connectivity index (χ1n) is 37.7. The second-order valence-electron chi connectivity index (χ2n) is 36.6. The van der Waals surface area contributed by atoms with Gasteiger partial charge in [0.15, 0.2) is 0 Å². The van der Waals surface area contributed by atoms with Crippen molar-refractivity contribution in [1.82, 2.24) is 44.9 Å². The van der Waals surface area contributed by atoms with Gasteiger partial charge < -0.3 is 0 Å². The number of nitrogens with zero attached hydrogens (tertiary/aromatic N) is 9. The number of pyridine rings is 9. The SMILES string of the molecule is CC1(C)[C@H]2Cc3cc(-c4cccc(-c5cc6c(cn5)[C@@H]5C[C@H](C6)C5(C)C)n4)ncc3[C@@H]1C2.CC1(C)[C@H]2Cc3nc(-c4cccc(-c5ccc6c(n5)C[C@H]5C[C@@H]6C5(C)C)n4)ccc3[C@@H]1C2.C[C@H]1c2nc(-c3cccc(-c4ccc5c(n4)[C@H](C)[C@H]4C[C@@H]5C4(C)C)n3)ccc2[C@@H]2C[C@H]1C2(C)C. The third-order valence-corrected chi connectivity index (χ3v) is 30.5. The molecule has 9 aromatic heterocycles. The van der Waals surface area contributed by atoms with Crippen molar-refractivity contribution in [2.75, 3.05) is 0 Å². The molecule has 0 N–H and O–H groups in total. The third-order valence-electron chi connectivity index (χ3n) is 30.5. The zero-order valence-electron chi connectivity index (χ0n) is 60.3. The standard InChI is InChI=1S/C31H35N3.2C29H31N3/c1-16-20-14-22(30(20,3)4)18-10-12-26(33-28(16)18)24-8-7-9-25(32-24)27-13-11-19-23-15-21(31(23,5)6)17(2)29(19)34-27;1-28(2)18-8-16-10-26(30-14-20(16)22(28)12-18)24-6-5-7-25(32-24)27-11-17-9-19-13-23(29(19,3)4)21(17)15-31-27;1-28(2)16-12-20(28)18-8-10-24(31-26(18)14-16)22-6-5-7-23(30-22)25-11-9-19-21-13-17(29(21,3)4)15-27(19)32-25/h7-13,16-17,20-23H,14-15H2,1-6H3;5-7,10-11,14-15,18-19,22-23H,8-9,12-13H2,1-4H3;5-11,16-17,20-21H,12-15H2,1-4H3/t16-,17-,20-,21-,22+,23+;18-,19-,22-,23-;16-,17-,20+,21+/m101/s1. The Hall–Kier alpha value is -7.65. The first-order valence-corrected chi connectivity index (χ1v) is 37.7. The van der Waals surface area contributed by atoms with Crippen molar-refractivity contribution < 1.29 is 0 Å². The third kappa shape index (κ3) is 8.83. The van der Waals surface area contributed by atoms with Gasteiger partial charge in [-0.1, -0.05) is 139 Å². The highest BCUT2D eigenvalue weighted by molar-refractivity contribution is 5.67. The Bertz CT molecular complexity index is 4350. The van der Waals surface area contributed by atoms with Crippen LogP contribution in [0.4, 0.5) is 0 Å². The fourth-order valence-electron chi connectivity index (χ4n) is 22.9. The van der Waals surface area contributed by atoms with Crippen LogP contribution >= 0.6 is 0 Å². The molecule has 18 aliphatic carbocycles. The highest BCUT2D eigenvalue weighted by Crippen LogP contribution is 2.69. The monoisotopic (exact) mass is 1290 g/mol. The molecule has 12 bridgehead atoms. The molecule has 9 aromatic rings. The quantitative estimate of drug-likeness (QED) is 0.160. The molecule has 0 saturated heterocycles. The van der Waals surface area contributed by atoms with Crippen molar-refractivity contribution in [1.29, 1.82) is 0 Å². The summed E-state index contributed by atoms with van der Waals surface area (Å²) in [7, 11) is 0. The molecule has 0 spiro atoms. The molecule has 9 nitrogen and oxygen atoms in total. The minimum absolute atomic E-state index is 0.402. The predicted octanol–water partition coefficient (Wildman–Crippen LogP) is 20.9. The average Bonchev–Trinajstić information content (AvgIpc) is 0.726. The highest BCUT2D eigenvalue weighted by Gasteiger charge is 2.59. The van der Waals surface area contributed by atoms with E-state index in [-0.39, 0.29) is 0 Å². The van der Waals surface area contributed by atoms with E-state index in [4.69, 9.17) is 44.9 Å². The summed E-state index contributed by atoms with van der Waals surface area (Å²) in [5.41, 5.74) is 31.1. The van der Waals surface area contributed by atoms with E-state index in [0.717, 1.165) is 117 Å². The number of hydrogen-bond acceptors (Lipinski definition) is 9. The zero-order chi connectivity index (χ0) is 67.2. The topological polar surface area (TPSA) is 116 Å². The van der Waals surface area contributed by atoms with Crippen molar-refractivity contribution in [3.63, 3.8) is 0 Å². The second-order valence-corrected chi connectivity index (χ2v) is 36.6. The molecular formula is C89H97N9. The zero-order valence-corrected chi connectivity index (χ0v) is 60.3. The van der Waals surface area contributed by atoms with E-state index in [2.05, 4.69) is 225 Å². The fourth-order valence-corrected chi connectivity index (χ4v) is 22.9. The summed E-state index contributed by atoms with van der Waals surface area (Å²) in [5.74, 6) is 9.68. The Labute approximate surface area is 581 Å². The maximum atomic E-state index is 5.18. The van der Waals surface area contributed by atoms with Crippen molar-refractivity contribution in [3.8, 4) is 68.3 Å². The fraction of sp³-hybridized carbons (Fsp3) is 0.494.